The van der Waals surface area contributed by atoms with Gasteiger partial charge in [-0.2, -0.15) is 0 Å². The summed E-state index contributed by atoms with van der Waals surface area (Å²) in [6.07, 6.45) is 9.21. The van der Waals surface area contributed by atoms with Crippen molar-refractivity contribution in [1.29, 1.82) is 0 Å². The van der Waals surface area contributed by atoms with Crippen LogP contribution < -0.4 is 5.32 Å². The summed E-state index contributed by atoms with van der Waals surface area (Å²) >= 11 is 0. The Morgan fingerprint density at radius 2 is 1.86 bits per heavy atom. The number of carbonyl (C=O) groups is 1. The van der Waals surface area contributed by atoms with Gasteiger partial charge in [-0.3, -0.25) is 19.4 Å². The number of hydrogen-bond acceptors (Lipinski definition) is 6. The maximum atomic E-state index is 11.9. The van der Waals surface area contributed by atoms with Crippen LogP contribution in [0.3, 0.4) is 0 Å². The van der Waals surface area contributed by atoms with E-state index >= 15 is 0 Å². The molecule has 5 aromatic rings. The minimum Gasteiger partial charge on any atom is -0.376 e. The molecule has 3 aromatic heterocycles. The number of benzene rings is 2. The smallest absolute Gasteiger partial charge is 0.219 e. The number of aryl methyl sites for hydroxylation is 2. The molecule has 1 aliphatic heterocycles. The number of piperidine rings is 1. The van der Waals surface area contributed by atoms with Gasteiger partial charge in [0, 0.05) is 69.5 Å². The summed E-state index contributed by atoms with van der Waals surface area (Å²) in [6.45, 7) is 3.16. The van der Waals surface area contributed by atoms with E-state index in [0.717, 1.165) is 59.5 Å². The molecule has 0 saturated carbocycles. The molecule has 0 radical (unpaired) electrons. The van der Waals surface area contributed by atoms with Crippen molar-refractivity contribution >= 4 is 33.5 Å². The second-order valence-corrected chi connectivity index (χ2v) is 9.90. The molecule has 1 unspecified atom stereocenters. The number of nitrogens with one attached hydrogen (secondary N) is 1. The van der Waals surface area contributed by atoms with E-state index in [2.05, 4.69) is 79.8 Å². The third kappa shape index (κ3) is 4.30. The normalized spacial score (nSPS) is 15.4. The van der Waals surface area contributed by atoms with Gasteiger partial charge in [0.2, 0.25) is 5.91 Å². The molecule has 2 aromatic carbocycles. The average molecular weight is 495 g/mol. The van der Waals surface area contributed by atoms with E-state index in [-0.39, 0.29) is 11.9 Å². The van der Waals surface area contributed by atoms with Crippen molar-refractivity contribution in [2.75, 3.05) is 18.4 Å². The first-order chi connectivity index (χ1) is 18.0. The molecular weight excluding hydrogens is 464 g/mol. The Morgan fingerprint density at radius 3 is 2.62 bits per heavy atom. The number of fused-ring (bicyclic) bond motifs is 2. The van der Waals surface area contributed by atoms with Crippen LogP contribution in [0.1, 0.15) is 31.5 Å². The lowest BCUT2D eigenvalue weighted by molar-refractivity contribution is -0.130. The Bertz CT molecular complexity index is 1590. The third-order valence-corrected chi connectivity index (χ3v) is 7.62. The first-order valence-corrected chi connectivity index (χ1v) is 12.6. The van der Waals surface area contributed by atoms with Crippen molar-refractivity contribution in [2.45, 2.75) is 25.8 Å². The largest absolute Gasteiger partial charge is 0.376 e. The zero-order valence-corrected chi connectivity index (χ0v) is 21.3. The van der Waals surface area contributed by atoms with Gasteiger partial charge in [-0.15, -0.1) is 5.10 Å². The Balaban J connectivity index is 1.41. The number of nitrogens with zero attached hydrogens (tertiary/aromatic N) is 7. The van der Waals surface area contributed by atoms with E-state index in [1.807, 2.05) is 22.8 Å². The fourth-order valence-corrected chi connectivity index (χ4v) is 5.55. The molecule has 4 heterocycles. The lowest BCUT2D eigenvalue weighted by Gasteiger charge is -2.36. The predicted octanol–water partition coefficient (Wildman–Crippen LogP) is 4.33. The Kier molecular flexibility index (Phi) is 5.82. The second-order valence-electron chi connectivity index (χ2n) is 9.90. The molecular formula is C28H30N8O. The molecule has 1 atom stereocenters. The van der Waals surface area contributed by atoms with Gasteiger partial charge in [-0.05, 0) is 54.0 Å². The van der Waals surface area contributed by atoms with E-state index in [1.165, 1.54) is 10.9 Å². The number of amides is 1. The van der Waals surface area contributed by atoms with Crippen molar-refractivity contribution in [2.24, 2.45) is 20.0 Å². The van der Waals surface area contributed by atoms with Crippen LogP contribution in [-0.4, -0.2) is 53.4 Å². The number of rotatable bonds is 5. The lowest BCUT2D eigenvalue weighted by atomic mass is 9.87. The zero-order chi connectivity index (χ0) is 25.5. The molecule has 37 heavy (non-hydrogen) atoms. The van der Waals surface area contributed by atoms with Gasteiger partial charge in [-0.1, -0.05) is 17.3 Å². The van der Waals surface area contributed by atoms with Crippen LogP contribution in [0.2, 0.25) is 0 Å². The Hall–Kier alpha value is -4.27. The highest BCUT2D eigenvalue weighted by atomic mass is 16.2. The van der Waals surface area contributed by atoms with Gasteiger partial charge < -0.3 is 14.8 Å². The standard InChI is InChI=1S/C28H30N8O/c1-18(37)36-12-7-20(8-13-36)27(26-17-31-33-35(26)3)32-22-15-23(28-24(16-22)29-9-10-30-28)21-5-4-19-6-11-34(2)25(19)14-21/h4-6,9-11,14-17,20,27,32H,7-8,12-13H2,1-3H3. The minimum absolute atomic E-state index is 0.00793. The summed E-state index contributed by atoms with van der Waals surface area (Å²) in [5.74, 6) is 0.464. The number of hydrogen-bond donors (Lipinski definition) is 1. The summed E-state index contributed by atoms with van der Waals surface area (Å²) in [5.41, 5.74) is 6.99. The van der Waals surface area contributed by atoms with Gasteiger partial charge in [0.1, 0.15) is 0 Å². The average Bonchev–Trinajstić information content (AvgIpc) is 3.51. The molecule has 9 heteroatoms. The van der Waals surface area contributed by atoms with Crippen molar-refractivity contribution in [3.63, 3.8) is 0 Å². The molecule has 1 aliphatic rings. The number of carbonyl (C=O) groups excluding carboxylic acids is 1. The molecule has 0 spiro atoms. The van der Waals surface area contributed by atoms with E-state index in [4.69, 9.17) is 0 Å². The number of likely N-dealkylation sites (tertiary alicyclic amines) is 1. The summed E-state index contributed by atoms with van der Waals surface area (Å²) in [6, 6.07) is 12.9. The molecule has 6 rings (SSSR count). The Labute approximate surface area is 215 Å². The van der Waals surface area contributed by atoms with Crippen LogP contribution in [0.15, 0.2) is 61.2 Å². The fraction of sp³-hybridized carbons (Fsp3) is 0.321. The first-order valence-electron chi connectivity index (χ1n) is 12.6. The molecule has 1 fully saturated rings. The molecule has 0 bridgehead atoms. The quantitative estimate of drug-likeness (QED) is 0.391. The van der Waals surface area contributed by atoms with Crippen LogP contribution in [0, 0.1) is 5.92 Å². The molecule has 9 nitrogen and oxygen atoms in total. The van der Waals surface area contributed by atoms with Crippen molar-refractivity contribution < 1.29 is 4.79 Å². The maximum absolute atomic E-state index is 11.9. The SMILES string of the molecule is CC(=O)N1CCC(C(Nc2cc(-c3ccc4ccn(C)c4c3)c3nccnc3c2)c2cnnn2C)CC1. The van der Waals surface area contributed by atoms with Gasteiger partial charge >= 0.3 is 0 Å². The molecule has 1 saturated heterocycles. The van der Waals surface area contributed by atoms with Gasteiger partial charge in [-0.25, -0.2) is 0 Å². The van der Waals surface area contributed by atoms with Crippen molar-refractivity contribution in [1.82, 2.24) is 34.4 Å². The zero-order valence-electron chi connectivity index (χ0n) is 21.3. The topological polar surface area (TPSA) is 93.8 Å². The van der Waals surface area contributed by atoms with Crippen LogP contribution in [-0.2, 0) is 18.9 Å². The highest BCUT2D eigenvalue weighted by Crippen LogP contribution is 2.37. The van der Waals surface area contributed by atoms with Crippen LogP contribution >= 0.6 is 0 Å². The van der Waals surface area contributed by atoms with E-state index in [9.17, 15) is 4.79 Å². The molecule has 0 aliphatic carbocycles. The maximum Gasteiger partial charge on any atom is 0.219 e. The fourth-order valence-electron chi connectivity index (χ4n) is 5.55. The molecule has 1 N–H and O–H groups in total. The van der Waals surface area contributed by atoms with Crippen LogP contribution in [0.4, 0.5) is 5.69 Å². The number of anilines is 1. The molecule has 188 valence electrons. The third-order valence-electron chi connectivity index (χ3n) is 7.62. The summed E-state index contributed by atoms with van der Waals surface area (Å²) in [7, 11) is 3.99. The summed E-state index contributed by atoms with van der Waals surface area (Å²) < 4.78 is 3.97. The summed E-state index contributed by atoms with van der Waals surface area (Å²) in [4.78, 5) is 23.2. The highest BCUT2D eigenvalue weighted by Gasteiger charge is 2.31. The summed E-state index contributed by atoms with van der Waals surface area (Å²) in [5, 5.41) is 13.4. The van der Waals surface area contributed by atoms with E-state index in [1.54, 1.807) is 19.3 Å². The predicted molar refractivity (Wildman–Crippen MR) is 144 cm³/mol. The second kappa shape index (κ2) is 9.31. The minimum atomic E-state index is -0.00793. The van der Waals surface area contributed by atoms with Gasteiger partial charge in [0.15, 0.2) is 0 Å². The Morgan fingerprint density at radius 1 is 1.05 bits per heavy atom. The van der Waals surface area contributed by atoms with Gasteiger partial charge in [0.25, 0.3) is 0 Å². The lowest BCUT2D eigenvalue weighted by Crippen LogP contribution is -2.40. The highest BCUT2D eigenvalue weighted by molar-refractivity contribution is 5.97. The van der Waals surface area contributed by atoms with Crippen molar-refractivity contribution in [3.05, 3.63) is 66.9 Å². The van der Waals surface area contributed by atoms with Crippen LogP contribution in [0.25, 0.3) is 33.1 Å². The van der Waals surface area contributed by atoms with E-state index in [0.29, 0.717) is 5.92 Å². The van der Waals surface area contributed by atoms with Crippen LogP contribution in [0.5, 0.6) is 0 Å². The molecule has 1 amide bonds. The number of aromatic nitrogens is 6. The van der Waals surface area contributed by atoms with Crippen molar-refractivity contribution in [3.8, 4) is 11.1 Å². The van der Waals surface area contributed by atoms with Gasteiger partial charge in [0.05, 0.1) is 29.0 Å². The monoisotopic (exact) mass is 494 g/mol. The van der Waals surface area contributed by atoms with E-state index < -0.39 is 0 Å². The first kappa shape index (κ1) is 23.1.